The van der Waals surface area contributed by atoms with Crippen molar-refractivity contribution >= 4 is 6.09 Å². The van der Waals surface area contributed by atoms with Crippen LogP contribution in [0.5, 0.6) is 5.75 Å². The van der Waals surface area contributed by atoms with E-state index >= 15 is 0 Å². The molecule has 4 rings (SSSR count). The Morgan fingerprint density at radius 1 is 1.17 bits per heavy atom. The molecule has 2 unspecified atom stereocenters. The van der Waals surface area contributed by atoms with E-state index in [1.165, 1.54) is 17.7 Å². The molecule has 1 fully saturated rings. The fraction of sp³-hybridized carbons (Fsp3) is 0.375. The second kappa shape index (κ2) is 8.68. The van der Waals surface area contributed by atoms with Gasteiger partial charge in [-0.1, -0.05) is 42.0 Å². The average Bonchev–Trinajstić information content (AvgIpc) is 2.72. The maximum atomic E-state index is 13.7. The van der Waals surface area contributed by atoms with E-state index in [0.29, 0.717) is 12.2 Å². The van der Waals surface area contributed by atoms with Gasteiger partial charge in [-0.3, -0.25) is 4.90 Å². The number of piperidine rings is 1. The van der Waals surface area contributed by atoms with Gasteiger partial charge in [0.2, 0.25) is 0 Å². The third kappa shape index (κ3) is 4.44. The number of fused-ring (bicyclic) bond motifs is 2. The zero-order valence-corrected chi connectivity index (χ0v) is 16.6. The van der Waals surface area contributed by atoms with Crippen LogP contribution in [0.15, 0.2) is 60.2 Å². The molecule has 4 nitrogen and oxygen atoms in total. The predicted molar refractivity (Wildman–Crippen MR) is 109 cm³/mol. The maximum absolute atomic E-state index is 13.7. The number of amides is 1. The number of hydrogen-bond acceptors (Lipinski definition) is 3. The minimum atomic E-state index is -0.261. The molecule has 2 heterocycles. The molecule has 2 aromatic carbocycles. The van der Waals surface area contributed by atoms with Gasteiger partial charge in [0, 0.05) is 11.6 Å². The second-order valence-corrected chi connectivity index (χ2v) is 7.76. The molecule has 29 heavy (non-hydrogen) atoms. The molecule has 2 aliphatic rings. The molecule has 2 aliphatic heterocycles. The molecular weight excluding hydrogens is 369 g/mol. The molecule has 2 atom stereocenters. The van der Waals surface area contributed by atoms with Crippen molar-refractivity contribution in [3.63, 3.8) is 0 Å². The van der Waals surface area contributed by atoms with Crippen LogP contribution in [-0.2, 0) is 17.8 Å². The minimum Gasteiger partial charge on any atom is -0.496 e. The van der Waals surface area contributed by atoms with E-state index in [1.807, 2.05) is 35.2 Å². The molecule has 2 bridgehead atoms. The van der Waals surface area contributed by atoms with Gasteiger partial charge in [-0.05, 0) is 55.9 Å². The lowest BCUT2D eigenvalue weighted by molar-refractivity contribution is 0.0481. The Labute approximate surface area is 170 Å². The fourth-order valence-electron chi connectivity index (χ4n) is 4.46. The third-order valence-corrected chi connectivity index (χ3v) is 5.79. The predicted octanol–water partition coefficient (Wildman–Crippen LogP) is 5.27. The van der Waals surface area contributed by atoms with Crippen molar-refractivity contribution in [1.29, 1.82) is 0 Å². The van der Waals surface area contributed by atoms with Crippen molar-refractivity contribution in [1.82, 2.24) is 4.90 Å². The van der Waals surface area contributed by atoms with Gasteiger partial charge in [0.05, 0.1) is 13.2 Å². The molecule has 5 heteroatoms. The summed E-state index contributed by atoms with van der Waals surface area (Å²) in [5.41, 5.74) is 3.06. The monoisotopic (exact) mass is 395 g/mol. The molecule has 1 amide bonds. The normalized spacial score (nSPS) is 20.8. The number of carbonyl (C=O) groups excluding carboxylic acids is 1. The number of benzene rings is 2. The topological polar surface area (TPSA) is 38.8 Å². The quantitative estimate of drug-likeness (QED) is 0.648. The number of carbonyl (C=O) groups is 1. The van der Waals surface area contributed by atoms with E-state index in [-0.39, 0.29) is 30.6 Å². The highest BCUT2D eigenvalue weighted by Crippen LogP contribution is 2.36. The SMILES string of the molecule is COc1ccc(F)cc1CC1=CC2CCCC(C1)N2C(=O)OCc1ccccc1. The minimum absolute atomic E-state index is 0.0420. The molecule has 0 aromatic heterocycles. The summed E-state index contributed by atoms with van der Waals surface area (Å²) in [6.07, 6.45) is 6.35. The number of ether oxygens (including phenoxy) is 2. The van der Waals surface area contributed by atoms with Crippen molar-refractivity contribution < 1.29 is 18.7 Å². The van der Waals surface area contributed by atoms with Crippen LogP contribution in [0.2, 0.25) is 0 Å². The number of rotatable bonds is 5. The highest BCUT2D eigenvalue weighted by atomic mass is 19.1. The smallest absolute Gasteiger partial charge is 0.410 e. The highest BCUT2D eigenvalue weighted by Gasteiger charge is 2.38. The average molecular weight is 395 g/mol. The largest absolute Gasteiger partial charge is 0.496 e. The van der Waals surface area contributed by atoms with Gasteiger partial charge < -0.3 is 9.47 Å². The molecule has 0 N–H and O–H groups in total. The number of nitrogens with zero attached hydrogens (tertiary/aromatic N) is 1. The zero-order chi connectivity index (χ0) is 20.2. The van der Waals surface area contributed by atoms with Gasteiger partial charge in [0.15, 0.2) is 0 Å². The van der Waals surface area contributed by atoms with Gasteiger partial charge in [0.1, 0.15) is 18.2 Å². The van der Waals surface area contributed by atoms with E-state index < -0.39 is 0 Å². The Bertz CT molecular complexity index is 896. The Morgan fingerprint density at radius 2 is 2.00 bits per heavy atom. The first-order valence-corrected chi connectivity index (χ1v) is 10.1. The van der Waals surface area contributed by atoms with Crippen molar-refractivity contribution in [2.75, 3.05) is 7.11 Å². The Hall–Kier alpha value is -2.82. The van der Waals surface area contributed by atoms with Gasteiger partial charge in [-0.25, -0.2) is 9.18 Å². The van der Waals surface area contributed by atoms with E-state index in [0.717, 1.165) is 36.8 Å². The van der Waals surface area contributed by atoms with E-state index in [2.05, 4.69) is 6.08 Å². The van der Waals surface area contributed by atoms with Gasteiger partial charge >= 0.3 is 6.09 Å². The lowest BCUT2D eigenvalue weighted by Gasteiger charge is -2.44. The van der Waals surface area contributed by atoms with E-state index in [9.17, 15) is 9.18 Å². The first kappa shape index (κ1) is 19.5. The summed E-state index contributed by atoms with van der Waals surface area (Å²) in [6, 6.07) is 14.5. The lowest BCUT2D eigenvalue weighted by Crippen LogP contribution is -2.52. The van der Waals surface area contributed by atoms with Crippen molar-refractivity contribution in [3.05, 3.63) is 77.1 Å². The van der Waals surface area contributed by atoms with Crippen molar-refractivity contribution in [2.45, 2.75) is 50.8 Å². The Balaban J connectivity index is 1.47. The summed E-state index contributed by atoms with van der Waals surface area (Å²) in [7, 11) is 1.60. The first-order chi connectivity index (χ1) is 14.1. The van der Waals surface area contributed by atoms with Crippen LogP contribution in [-0.4, -0.2) is 30.2 Å². The molecule has 1 saturated heterocycles. The molecule has 0 radical (unpaired) electrons. The summed E-state index contributed by atoms with van der Waals surface area (Å²) in [5, 5.41) is 0. The van der Waals surface area contributed by atoms with Crippen LogP contribution in [0, 0.1) is 5.82 Å². The van der Waals surface area contributed by atoms with E-state index in [4.69, 9.17) is 9.47 Å². The van der Waals surface area contributed by atoms with Crippen LogP contribution in [0.25, 0.3) is 0 Å². The Kier molecular flexibility index (Phi) is 5.84. The standard InChI is InChI=1S/C24H26FNO3/c1-28-23-11-10-20(25)15-19(23)12-18-13-21-8-5-9-22(14-18)26(21)24(27)29-16-17-6-3-2-4-7-17/h2-4,6-7,10-11,13,15,21-22H,5,8-9,12,14,16H2,1H3. The highest BCUT2D eigenvalue weighted by molar-refractivity contribution is 5.69. The summed E-state index contributed by atoms with van der Waals surface area (Å²) < 4.78 is 24.7. The molecule has 0 aliphatic carbocycles. The maximum Gasteiger partial charge on any atom is 0.410 e. The van der Waals surface area contributed by atoms with Crippen LogP contribution < -0.4 is 4.74 Å². The fourth-order valence-corrected chi connectivity index (χ4v) is 4.46. The molecule has 0 spiro atoms. The lowest BCUT2D eigenvalue weighted by atomic mass is 9.83. The second-order valence-electron chi connectivity index (χ2n) is 7.76. The van der Waals surface area contributed by atoms with Gasteiger partial charge in [-0.15, -0.1) is 0 Å². The van der Waals surface area contributed by atoms with Crippen LogP contribution in [0.4, 0.5) is 9.18 Å². The number of methoxy groups -OCH3 is 1. The van der Waals surface area contributed by atoms with Crippen LogP contribution in [0.3, 0.4) is 0 Å². The molecule has 0 saturated carbocycles. The van der Waals surface area contributed by atoms with Crippen LogP contribution in [0.1, 0.15) is 36.8 Å². The Morgan fingerprint density at radius 3 is 2.76 bits per heavy atom. The first-order valence-electron chi connectivity index (χ1n) is 10.1. The summed E-state index contributed by atoms with van der Waals surface area (Å²) in [6.45, 7) is 0.284. The summed E-state index contributed by atoms with van der Waals surface area (Å²) >= 11 is 0. The third-order valence-electron chi connectivity index (χ3n) is 5.79. The summed E-state index contributed by atoms with van der Waals surface area (Å²) in [5.74, 6) is 0.436. The number of hydrogen-bond donors (Lipinski definition) is 0. The zero-order valence-electron chi connectivity index (χ0n) is 16.6. The summed E-state index contributed by atoms with van der Waals surface area (Å²) in [4.78, 5) is 14.7. The van der Waals surface area contributed by atoms with Gasteiger partial charge in [0.25, 0.3) is 0 Å². The molecule has 2 aromatic rings. The molecule has 152 valence electrons. The number of halogens is 1. The van der Waals surface area contributed by atoms with E-state index in [1.54, 1.807) is 13.2 Å². The molecular formula is C24H26FNO3. The van der Waals surface area contributed by atoms with Crippen molar-refractivity contribution in [2.24, 2.45) is 0 Å². The van der Waals surface area contributed by atoms with Gasteiger partial charge in [-0.2, -0.15) is 0 Å². The van der Waals surface area contributed by atoms with Crippen molar-refractivity contribution in [3.8, 4) is 5.75 Å². The van der Waals surface area contributed by atoms with Crippen LogP contribution >= 0.6 is 0 Å².